The van der Waals surface area contributed by atoms with Gasteiger partial charge >= 0.3 is 0 Å². The van der Waals surface area contributed by atoms with Crippen LogP contribution in [0, 0.1) is 21.4 Å². The number of hydrogen-bond acceptors (Lipinski definition) is 4. The fourth-order valence-corrected chi connectivity index (χ4v) is 3.11. The van der Waals surface area contributed by atoms with Gasteiger partial charge in [-0.1, -0.05) is 42.5 Å². The number of rotatable bonds is 4. The Bertz CT molecular complexity index is 1240. The summed E-state index contributed by atoms with van der Waals surface area (Å²) in [4.78, 5) is 10.3. The predicted molar refractivity (Wildman–Crippen MR) is 108 cm³/mol. The molecule has 3 aromatic carbocycles. The highest BCUT2D eigenvalue weighted by Gasteiger charge is 2.10. The van der Waals surface area contributed by atoms with Crippen molar-refractivity contribution in [2.45, 2.75) is 0 Å². The molecule has 0 aliphatic rings. The van der Waals surface area contributed by atoms with Crippen LogP contribution in [0.15, 0.2) is 83.3 Å². The lowest BCUT2D eigenvalue weighted by atomic mass is 9.98. The minimum atomic E-state index is -0.441. The lowest BCUT2D eigenvalue weighted by Gasteiger charge is -2.04. The summed E-state index contributed by atoms with van der Waals surface area (Å²) in [7, 11) is 0. The number of hydrogen-bond donors (Lipinski definition) is 0. The Morgan fingerprint density at radius 2 is 1.71 bits per heavy atom. The summed E-state index contributed by atoms with van der Waals surface area (Å²) in [6, 6.07) is 25.7. The third-order valence-electron chi connectivity index (χ3n) is 4.48. The van der Waals surface area contributed by atoms with Gasteiger partial charge in [0.1, 0.15) is 11.5 Å². The van der Waals surface area contributed by atoms with Gasteiger partial charge in [0.2, 0.25) is 0 Å². The molecule has 0 aliphatic carbocycles. The maximum absolute atomic E-state index is 10.8. The van der Waals surface area contributed by atoms with Crippen molar-refractivity contribution in [3.63, 3.8) is 0 Å². The number of nitro groups is 1. The SMILES string of the molecule is N#C/C(=C/c1ccc(-c2ccc([N+](=O)[O-])cc2)o1)c1cccc2ccccc12. The van der Waals surface area contributed by atoms with Crippen molar-refractivity contribution in [2.75, 3.05) is 0 Å². The Morgan fingerprint density at radius 1 is 0.964 bits per heavy atom. The molecule has 0 fully saturated rings. The molecule has 0 radical (unpaired) electrons. The summed E-state index contributed by atoms with van der Waals surface area (Å²) in [5.41, 5.74) is 2.10. The third-order valence-corrected chi connectivity index (χ3v) is 4.48. The molecule has 5 nitrogen and oxygen atoms in total. The Morgan fingerprint density at radius 3 is 2.46 bits per heavy atom. The van der Waals surface area contributed by atoms with Crippen LogP contribution in [0.5, 0.6) is 0 Å². The van der Waals surface area contributed by atoms with Gasteiger partial charge in [0.15, 0.2) is 0 Å². The smallest absolute Gasteiger partial charge is 0.269 e. The van der Waals surface area contributed by atoms with E-state index < -0.39 is 4.92 Å². The molecule has 0 bridgehead atoms. The molecule has 0 spiro atoms. The molecule has 28 heavy (non-hydrogen) atoms. The van der Waals surface area contributed by atoms with Gasteiger partial charge in [0, 0.05) is 23.3 Å². The highest BCUT2D eigenvalue weighted by Crippen LogP contribution is 2.29. The lowest BCUT2D eigenvalue weighted by Crippen LogP contribution is -1.86. The number of non-ortho nitro benzene ring substituents is 1. The van der Waals surface area contributed by atoms with E-state index >= 15 is 0 Å². The number of allylic oxidation sites excluding steroid dienone is 1. The van der Waals surface area contributed by atoms with Gasteiger partial charge in [-0.25, -0.2) is 0 Å². The minimum Gasteiger partial charge on any atom is -0.457 e. The Labute approximate surface area is 160 Å². The molecule has 4 rings (SSSR count). The van der Waals surface area contributed by atoms with E-state index in [1.807, 2.05) is 42.5 Å². The van der Waals surface area contributed by atoms with E-state index in [4.69, 9.17) is 4.42 Å². The molecule has 0 amide bonds. The molecule has 0 saturated carbocycles. The average molecular weight is 366 g/mol. The molecular formula is C23H14N2O3. The second kappa shape index (κ2) is 7.22. The van der Waals surface area contributed by atoms with E-state index in [0.717, 1.165) is 21.9 Å². The second-order valence-electron chi connectivity index (χ2n) is 6.20. The van der Waals surface area contributed by atoms with Gasteiger partial charge in [-0.3, -0.25) is 10.1 Å². The quantitative estimate of drug-likeness (QED) is 0.249. The summed E-state index contributed by atoms with van der Waals surface area (Å²) >= 11 is 0. The van der Waals surface area contributed by atoms with Crippen molar-refractivity contribution in [3.05, 3.63) is 100 Å². The molecule has 0 unspecified atom stereocenters. The van der Waals surface area contributed by atoms with E-state index in [9.17, 15) is 15.4 Å². The first-order valence-electron chi connectivity index (χ1n) is 8.60. The summed E-state index contributed by atoms with van der Waals surface area (Å²) in [5.74, 6) is 1.12. The number of nitro benzene ring substituents is 1. The predicted octanol–water partition coefficient (Wildman–Crippen LogP) is 6.07. The van der Waals surface area contributed by atoms with Gasteiger partial charge in [-0.05, 0) is 41.1 Å². The van der Waals surface area contributed by atoms with E-state index in [-0.39, 0.29) is 5.69 Å². The molecule has 4 aromatic rings. The molecule has 0 aliphatic heterocycles. The van der Waals surface area contributed by atoms with Crippen molar-refractivity contribution >= 4 is 28.1 Å². The first-order chi connectivity index (χ1) is 13.7. The number of nitrogens with zero attached hydrogens (tertiary/aromatic N) is 2. The zero-order valence-corrected chi connectivity index (χ0v) is 14.7. The molecule has 1 aromatic heterocycles. The number of fused-ring (bicyclic) bond motifs is 1. The highest BCUT2D eigenvalue weighted by atomic mass is 16.6. The fraction of sp³-hybridized carbons (Fsp3) is 0. The van der Waals surface area contributed by atoms with E-state index in [1.165, 1.54) is 12.1 Å². The van der Waals surface area contributed by atoms with Crippen LogP contribution in [0.1, 0.15) is 11.3 Å². The van der Waals surface area contributed by atoms with Crippen molar-refractivity contribution in [1.82, 2.24) is 0 Å². The maximum Gasteiger partial charge on any atom is 0.269 e. The van der Waals surface area contributed by atoms with Gasteiger partial charge in [0.05, 0.1) is 16.6 Å². The standard InChI is InChI=1S/C23H14N2O3/c24-15-18(22-7-3-5-16-4-1-2-6-21(16)22)14-20-12-13-23(28-20)17-8-10-19(11-9-17)25(26)27/h1-14H/b18-14-. The lowest BCUT2D eigenvalue weighted by molar-refractivity contribution is -0.384. The maximum atomic E-state index is 10.8. The number of nitriles is 1. The summed E-state index contributed by atoms with van der Waals surface area (Å²) in [5, 5.41) is 22.5. The average Bonchev–Trinajstić information content (AvgIpc) is 3.20. The van der Waals surface area contributed by atoms with Gasteiger partial charge < -0.3 is 4.42 Å². The summed E-state index contributed by atoms with van der Waals surface area (Å²) < 4.78 is 5.84. The first kappa shape index (κ1) is 17.3. The van der Waals surface area contributed by atoms with Gasteiger partial charge in [0.25, 0.3) is 5.69 Å². The normalized spacial score (nSPS) is 11.3. The number of furan rings is 1. The molecule has 134 valence electrons. The summed E-state index contributed by atoms with van der Waals surface area (Å²) in [6.45, 7) is 0. The molecule has 0 N–H and O–H groups in total. The van der Waals surface area contributed by atoms with Crippen LogP contribution in [0.3, 0.4) is 0 Å². The van der Waals surface area contributed by atoms with Crippen LogP contribution < -0.4 is 0 Å². The highest BCUT2D eigenvalue weighted by molar-refractivity contribution is 6.01. The van der Waals surface area contributed by atoms with E-state index in [0.29, 0.717) is 17.1 Å². The first-order valence-corrected chi connectivity index (χ1v) is 8.60. The third kappa shape index (κ3) is 3.27. The molecule has 0 atom stereocenters. The number of benzene rings is 3. The minimum absolute atomic E-state index is 0.0261. The Hall–Kier alpha value is -4.17. The second-order valence-corrected chi connectivity index (χ2v) is 6.20. The van der Waals surface area contributed by atoms with E-state index in [2.05, 4.69) is 6.07 Å². The summed E-state index contributed by atoms with van der Waals surface area (Å²) in [6.07, 6.45) is 1.71. The van der Waals surface area contributed by atoms with Crippen LogP contribution in [-0.2, 0) is 0 Å². The topological polar surface area (TPSA) is 80.1 Å². The van der Waals surface area contributed by atoms with Crippen LogP contribution in [0.4, 0.5) is 5.69 Å². The van der Waals surface area contributed by atoms with Crippen molar-refractivity contribution < 1.29 is 9.34 Å². The zero-order chi connectivity index (χ0) is 19.5. The zero-order valence-electron chi connectivity index (χ0n) is 14.7. The van der Waals surface area contributed by atoms with E-state index in [1.54, 1.807) is 30.3 Å². The van der Waals surface area contributed by atoms with Crippen molar-refractivity contribution in [3.8, 4) is 17.4 Å². The van der Waals surface area contributed by atoms with Crippen LogP contribution in [-0.4, -0.2) is 4.92 Å². The molecule has 5 heteroatoms. The fourth-order valence-electron chi connectivity index (χ4n) is 3.11. The van der Waals surface area contributed by atoms with Crippen molar-refractivity contribution in [1.29, 1.82) is 5.26 Å². The van der Waals surface area contributed by atoms with Gasteiger partial charge in [-0.2, -0.15) is 5.26 Å². The largest absolute Gasteiger partial charge is 0.457 e. The Kier molecular flexibility index (Phi) is 4.45. The van der Waals surface area contributed by atoms with Gasteiger partial charge in [-0.15, -0.1) is 0 Å². The monoisotopic (exact) mass is 366 g/mol. The Balaban J connectivity index is 1.70. The van der Waals surface area contributed by atoms with Crippen LogP contribution in [0.2, 0.25) is 0 Å². The molecule has 0 saturated heterocycles. The van der Waals surface area contributed by atoms with Crippen LogP contribution >= 0.6 is 0 Å². The molecule has 1 heterocycles. The molecular weight excluding hydrogens is 352 g/mol. The van der Waals surface area contributed by atoms with Crippen molar-refractivity contribution in [2.24, 2.45) is 0 Å². The van der Waals surface area contributed by atoms with Crippen LogP contribution in [0.25, 0.3) is 33.7 Å².